The molecule has 0 unspecified atom stereocenters. The zero-order valence-corrected chi connectivity index (χ0v) is 14.9. The molecule has 1 aromatic heterocycles. The van der Waals surface area contributed by atoms with Crippen LogP contribution in [0.3, 0.4) is 0 Å². The summed E-state index contributed by atoms with van der Waals surface area (Å²) in [5, 5.41) is 3.20. The zero-order valence-electron chi connectivity index (χ0n) is 14.9. The second kappa shape index (κ2) is 7.56. The highest BCUT2D eigenvalue weighted by atomic mass is 16.5. The number of nitrogens with one attached hydrogen (secondary N) is 1. The minimum atomic E-state index is -0.130. The van der Waals surface area contributed by atoms with Crippen LogP contribution in [0, 0.1) is 0 Å². The summed E-state index contributed by atoms with van der Waals surface area (Å²) in [4.78, 5) is 19.1. The highest BCUT2D eigenvalue weighted by Gasteiger charge is 2.43. The zero-order chi connectivity index (χ0) is 17.8. The highest BCUT2D eigenvalue weighted by Crippen LogP contribution is 2.35. The molecule has 1 spiro atoms. The molecule has 5 heteroatoms. The average Bonchev–Trinajstić information content (AvgIpc) is 3.05. The van der Waals surface area contributed by atoms with Crippen molar-refractivity contribution in [2.75, 3.05) is 19.7 Å². The third-order valence-corrected chi connectivity index (χ3v) is 5.39. The van der Waals surface area contributed by atoms with Crippen LogP contribution in [0.2, 0.25) is 0 Å². The maximum Gasteiger partial charge on any atom is 0.251 e. The van der Waals surface area contributed by atoms with Crippen LogP contribution in [0.25, 0.3) is 0 Å². The quantitative estimate of drug-likeness (QED) is 0.920. The van der Waals surface area contributed by atoms with Crippen molar-refractivity contribution in [3.63, 3.8) is 0 Å². The van der Waals surface area contributed by atoms with Crippen molar-refractivity contribution in [1.29, 1.82) is 0 Å². The lowest BCUT2D eigenvalue weighted by molar-refractivity contribution is -0.0793. The molecule has 26 heavy (non-hydrogen) atoms. The van der Waals surface area contributed by atoms with Crippen LogP contribution in [0.15, 0.2) is 54.9 Å². The number of rotatable bonds is 4. The molecule has 2 atom stereocenters. The van der Waals surface area contributed by atoms with Gasteiger partial charge in [-0.05, 0) is 43.0 Å². The normalized spacial score (nSPS) is 26.1. The third kappa shape index (κ3) is 3.94. The highest BCUT2D eigenvalue weighted by molar-refractivity contribution is 5.94. The molecule has 2 aromatic rings. The molecule has 0 bridgehead atoms. The number of carbonyl (C=O) groups excluding carboxylic acids is 1. The van der Waals surface area contributed by atoms with Gasteiger partial charge < -0.3 is 10.1 Å². The van der Waals surface area contributed by atoms with E-state index in [4.69, 9.17) is 4.74 Å². The molecule has 1 aromatic carbocycles. The second-order valence-electron chi connectivity index (χ2n) is 7.38. The lowest BCUT2D eigenvalue weighted by Crippen LogP contribution is -2.49. The summed E-state index contributed by atoms with van der Waals surface area (Å²) in [6.07, 6.45) is 6.51. The Kier molecular flexibility index (Phi) is 5.00. The van der Waals surface area contributed by atoms with Gasteiger partial charge in [-0.1, -0.05) is 24.3 Å². The Labute approximate surface area is 154 Å². The number of hydrogen-bond donors (Lipinski definition) is 1. The standard InChI is InChI=1S/C21H25N3O2/c25-20(18-6-2-1-3-7-18)23-19-8-12-26-21(13-19)9-11-24(16-21)15-17-5-4-10-22-14-17/h1-7,10,14,19H,8-9,11-13,15-16H2,(H,23,25)/t19-,21-/m0/s1. The fraction of sp³-hybridized carbons (Fsp3) is 0.429. The van der Waals surface area contributed by atoms with Crippen LogP contribution in [0.4, 0.5) is 0 Å². The SMILES string of the molecule is O=C(N[C@H]1CCO[C@@]2(CCN(Cc3cccnc3)C2)C1)c1ccccc1. The van der Waals surface area contributed by atoms with Gasteiger partial charge in [0.1, 0.15) is 0 Å². The van der Waals surface area contributed by atoms with E-state index < -0.39 is 0 Å². The van der Waals surface area contributed by atoms with Crippen LogP contribution < -0.4 is 5.32 Å². The Morgan fingerprint density at radius 1 is 1.27 bits per heavy atom. The van der Waals surface area contributed by atoms with Gasteiger partial charge in [0, 0.05) is 50.2 Å². The number of hydrogen-bond acceptors (Lipinski definition) is 4. The van der Waals surface area contributed by atoms with Crippen molar-refractivity contribution in [3.8, 4) is 0 Å². The van der Waals surface area contributed by atoms with Crippen molar-refractivity contribution < 1.29 is 9.53 Å². The Morgan fingerprint density at radius 3 is 2.96 bits per heavy atom. The number of pyridine rings is 1. The van der Waals surface area contributed by atoms with Gasteiger partial charge in [0.15, 0.2) is 0 Å². The summed E-state index contributed by atoms with van der Waals surface area (Å²) in [7, 11) is 0. The number of benzene rings is 1. The van der Waals surface area contributed by atoms with E-state index >= 15 is 0 Å². The summed E-state index contributed by atoms with van der Waals surface area (Å²) >= 11 is 0. The Bertz CT molecular complexity index is 737. The Morgan fingerprint density at radius 2 is 2.15 bits per heavy atom. The summed E-state index contributed by atoms with van der Waals surface area (Å²) in [5.41, 5.74) is 1.82. The molecule has 2 aliphatic heterocycles. The number of carbonyl (C=O) groups is 1. The summed E-state index contributed by atoms with van der Waals surface area (Å²) in [6.45, 7) is 3.55. The van der Waals surface area contributed by atoms with Crippen molar-refractivity contribution in [2.24, 2.45) is 0 Å². The Hall–Kier alpha value is -2.24. The van der Waals surface area contributed by atoms with Gasteiger partial charge in [0.25, 0.3) is 5.91 Å². The fourth-order valence-corrected chi connectivity index (χ4v) is 4.11. The molecule has 0 saturated carbocycles. The number of ether oxygens (including phenoxy) is 1. The molecular formula is C21H25N3O2. The molecule has 0 aliphatic carbocycles. The van der Waals surface area contributed by atoms with Crippen LogP contribution in [-0.4, -0.2) is 47.1 Å². The van der Waals surface area contributed by atoms with Gasteiger partial charge in [-0.25, -0.2) is 0 Å². The minimum Gasteiger partial charge on any atom is -0.373 e. The molecule has 2 aliphatic rings. The predicted octanol–water partition coefficient (Wildman–Crippen LogP) is 2.64. The van der Waals surface area contributed by atoms with Crippen molar-refractivity contribution >= 4 is 5.91 Å². The van der Waals surface area contributed by atoms with E-state index in [1.165, 1.54) is 5.56 Å². The topological polar surface area (TPSA) is 54.5 Å². The number of nitrogens with zero attached hydrogens (tertiary/aromatic N) is 2. The van der Waals surface area contributed by atoms with Crippen LogP contribution in [-0.2, 0) is 11.3 Å². The summed E-state index contributed by atoms with van der Waals surface area (Å²) in [6, 6.07) is 13.7. The van der Waals surface area contributed by atoms with E-state index in [0.717, 1.165) is 44.5 Å². The van der Waals surface area contributed by atoms with Crippen LogP contribution >= 0.6 is 0 Å². The average molecular weight is 351 g/mol. The van der Waals surface area contributed by atoms with Gasteiger partial charge in [-0.15, -0.1) is 0 Å². The molecule has 4 rings (SSSR count). The monoisotopic (exact) mass is 351 g/mol. The van der Waals surface area contributed by atoms with Crippen molar-refractivity contribution in [2.45, 2.75) is 37.5 Å². The molecule has 136 valence electrons. The second-order valence-corrected chi connectivity index (χ2v) is 7.38. The first-order valence-electron chi connectivity index (χ1n) is 9.34. The first-order valence-corrected chi connectivity index (χ1v) is 9.34. The van der Waals surface area contributed by atoms with E-state index in [2.05, 4.69) is 21.3 Å². The minimum absolute atomic E-state index is 0.0119. The molecule has 1 amide bonds. The number of likely N-dealkylation sites (tertiary alicyclic amines) is 1. The van der Waals surface area contributed by atoms with Crippen LogP contribution in [0.1, 0.15) is 35.2 Å². The predicted molar refractivity (Wildman–Crippen MR) is 99.7 cm³/mol. The summed E-state index contributed by atoms with van der Waals surface area (Å²) < 4.78 is 6.20. The van der Waals surface area contributed by atoms with E-state index in [0.29, 0.717) is 6.61 Å². The van der Waals surface area contributed by atoms with E-state index in [1.807, 2.05) is 42.6 Å². The molecular weight excluding hydrogens is 326 g/mol. The van der Waals surface area contributed by atoms with Crippen molar-refractivity contribution in [1.82, 2.24) is 15.2 Å². The van der Waals surface area contributed by atoms with E-state index in [9.17, 15) is 4.79 Å². The first-order chi connectivity index (χ1) is 12.7. The molecule has 2 saturated heterocycles. The largest absolute Gasteiger partial charge is 0.373 e. The molecule has 5 nitrogen and oxygen atoms in total. The van der Waals surface area contributed by atoms with Gasteiger partial charge in [0.05, 0.1) is 5.60 Å². The van der Waals surface area contributed by atoms with Gasteiger partial charge in [-0.3, -0.25) is 14.7 Å². The third-order valence-electron chi connectivity index (χ3n) is 5.39. The molecule has 0 radical (unpaired) electrons. The van der Waals surface area contributed by atoms with E-state index in [1.54, 1.807) is 6.20 Å². The number of amides is 1. The van der Waals surface area contributed by atoms with Gasteiger partial charge >= 0.3 is 0 Å². The number of aromatic nitrogens is 1. The lowest BCUT2D eigenvalue weighted by atomic mass is 9.89. The smallest absolute Gasteiger partial charge is 0.251 e. The maximum absolute atomic E-state index is 12.5. The van der Waals surface area contributed by atoms with Crippen LogP contribution in [0.5, 0.6) is 0 Å². The maximum atomic E-state index is 12.5. The fourth-order valence-electron chi connectivity index (χ4n) is 4.11. The molecule has 2 fully saturated rings. The lowest BCUT2D eigenvalue weighted by Gasteiger charge is -2.38. The van der Waals surface area contributed by atoms with Gasteiger partial charge in [-0.2, -0.15) is 0 Å². The molecule has 1 N–H and O–H groups in total. The molecule has 3 heterocycles. The van der Waals surface area contributed by atoms with Crippen molar-refractivity contribution in [3.05, 3.63) is 66.0 Å². The van der Waals surface area contributed by atoms with Gasteiger partial charge in [0.2, 0.25) is 0 Å². The summed E-state index contributed by atoms with van der Waals surface area (Å²) in [5.74, 6) is 0.0119. The Balaban J connectivity index is 1.35. The first kappa shape index (κ1) is 17.2. The van der Waals surface area contributed by atoms with E-state index in [-0.39, 0.29) is 17.6 Å².